The number of rotatable bonds is 6. The second kappa shape index (κ2) is 8.40. The van der Waals surface area contributed by atoms with E-state index >= 15 is 0 Å². The van der Waals surface area contributed by atoms with Crippen molar-refractivity contribution >= 4 is 14.4 Å². The van der Waals surface area contributed by atoms with Gasteiger partial charge in [0.2, 0.25) is 0 Å². The molecule has 0 saturated carbocycles. The monoisotopic (exact) mass is 360 g/mol. The molecule has 0 aromatic heterocycles. The van der Waals surface area contributed by atoms with E-state index in [1.54, 1.807) is 7.11 Å². The van der Waals surface area contributed by atoms with Crippen molar-refractivity contribution in [3.05, 3.63) is 41.1 Å². The van der Waals surface area contributed by atoms with Crippen LogP contribution in [-0.2, 0) is 4.43 Å². The zero-order valence-corrected chi connectivity index (χ0v) is 18.6. The number of methoxy groups -OCH3 is 1. The highest BCUT2D eigenvalue weighted by Gasteiger charge is 2.37. The summed E-state index contributed by atoms with van der Waals surface area (Å²) in [4.78, 5) is 0. The highest BCUT2D eigenvalue weighted by molar-refractivity contribution is 6.74. The van der Waals surface area contributed by atoms with Crippen LogP contribution >= 0.6 is 0 Å². The summed E-state index contributed by atoms with van der Waals surface area (Å²) >= 11 is 0. The molecule has 3 heteroatoms. The van der Waals surface area contributed by atoms with Crippen molar-refractivity contribution in [1.82, 2.24) is 0 Å². The molecule has 140 valence electrons. The van der Waals surface area contributed by atoms with Crippen LogP contribution in [0, 0.1) is 5.41 Å². The van der Waals surface area contributed by atoms with Gasteiger partial charge in [-0.25, -0.2) is 0 Å². The first-order valence-corrected chi connectivity index (χ1v) is 12.0. The second-order valence-electron chi connectivity index (χ2n) is 9.15. The molecule has 25 heavy (non-hydrogen) atoms. The molecule has 1 aromatic carbocycles. The molecule has 0 atom stereocenters. The lowest BCUT2D eigenvalue weighted by molar-refractivity contribution is 0.282. The maximum Gasteiger partial charge on any atom is 0.191 e. The molecular formula is C22H36O2Si. The van der Waals surface area contributed by atoms with Gasteiger partial charge in [0.15, 0.2) is 8.32 Å². The van der Waals surface area contributed by atoms with Crippen molar-refractivity contribution in [2.75, 3.05) is 13.7 Å². The van der Waals surface area contributed by atoms with Gasteiger partial charge in [0.1, 0.15) is 5.75 Å². The zero-order valence-electron chi connectivity index (χ0n) is 17.6. The van der Waals surface area contributed by atoms with Crippen LogP contribution in [0.4, 0.5) is 0 Å². The molecule has 1 aromatic rings. The van der Waals surface area contributed by atoms with E-state index in [1.165, 1.54) is 5.57 Å². The molecular weight excluding hydrogens is 324 g/mol. The van der Waals surface area contributed by atoms with Crippen LogP contribution in [0.25, 0.3) is 6.08 Å². The third kappa shape index (κ3) is 6.85. The third-order valence-corrected chi connectivity index (χ3v) is 9.59. The summed E-state index contributed by atoms with van der Waals surface area (Å²) in [7, 11) is -0.00812. The highest BCUT2D eigenvalue weighted by Crippen LogP contribution is 2.37. The maximum atomic E-state index is 6.35. The topological polar surface area (TPSA) is 18.5 Å². The van der Waals surface area contributed by atoms with Crippen molar-refractivity contribution in [3.8, 4) is 5.75 Å². The smallest absolute Gasteiger partial charge is 0.191 e. The summed E-state index contributed by atoms with van der Waals surface area (Å²) in [5, 5.41) is 0.248. The number of hydrogen-bond donors (Lipinski definition) is 0. The Hall–Kier alpha value is -1.28. The summed E-state index contributed by atoms with van der Waals surface area (Å²) in [5.41, 5.74) is 6.03. The molecule has 0 spiro atoms. The fourth-order valence-electron chi connectivity index (χ4n) is 2.16. The Morgan fingerprint density at radius 2 is 1.60 bits per heavy atom. The van der Waals surface area contributed by atoms with E-state index in [0.717, 1.165) is 24.3 Å². The van der Waals surface area contributed by atoms with Crippen molar-refractivity contribution < 1.29 is 9.16 Å². The molecule has 0 aliphatic rings. The van der Waals surface area contributed by atoms with Gasteiger partial charge in [-0.15, -0.1) is 5.73 Å². The van der Waals surface area contributed by atoms with Gasteiger partial charge in [-0.1, -0.05) is 53.7 Å². The Balaban J connectivity index is 2.89. The Bertz CT molecular complexity index is 607. The van der Waals surface area contributed by atoms with Gasteiger partial charge < -0.3 is 9.16 Å². The van der Waals surface area contributed by atoms with E-state index in [1.807, 2.05) is 12.1 Å². The summed E-state index contributed by atoms with van der Waals surface area (Å²) < 4.78 is 11.6. The van der Waals surface area contributed by atoms with Crippen LogP contribution < -0.4 is 4.74 Å². The second-order valence-corrected chi connectivity index (χ2v) is 14.0. The fourth-order valence-corrected chi connectivity index (χ4v) is 3.20. The van der Waals surface area contributed by atoms with Crippen molar-refractivity contribution in [1.29, 1.82) is 0 Å². The lowest BCUT2D eigenvalue weighted by Crippen LogP contribution is -2.41. The normalized spacial score (nSPS) is 12.5. The molecule has 0 amide bonds. The quantitative estimate of drug-likeness (QED) is 0.415. The fraction of sp³-hybridized carbons (Fsp3) is 0.591. The first-order chi connectivity index (χ1) is 11.4. The molecule has 0 saturated heterocycles. The Labute approximate surface area is 156 Å². The Kier molecular flexibility index (Phi) is 7.31. The highest BCUT2D eigenvalue weighted by atomic mass is 28.4. The van der Waals surface area contributed by atoms with Crippen LogP contribution in [0.15, 0.2) is 35.6 Å². The molecule has 2 nitrogen and oxygen atoms in total. The van der Waals surface area contributed by atoms with Crippen LogP contribution in [0.3, 0.4) is 0 Å². The molecule has 0 bridgehead atoms. The van der Waals surface area contributed by atoms with E-state index in [9.17, 15) is 0 Å². The molecule has 0 fully saturated rings. The first kappa shape index (κ1) is 21.8. The SMILES string of the molecule is COc1ccc(C=C=C(CCO[Si](C)(C)C(C)(C)C)C(C)(C)C)cc1. The van der Waals surface area contributed by atoms with E-state index < -0.39 is 8.32 Å². The molecule has 0 radical (unpaired) electrons. The zero-order chi connectivity index (χ0) is 19.3. The van der Waals surface area contributed by atoms with Gasteiger partial charge in [-0.3, -0.25) is 0 Å². The van der Waals surface area contributed by atoms with Gasteiger partial charge in [0.05, 0.1) is 7.11 Å². The van der Waals surface area contributed by atoms with E-state index in [0.29, 0.717) is 0 Å². The number of benzene rings is 1. The molecule has 1 rings (SSSR count). The van der Waals surface area contributed by atoms with Gasteiger partial charge in [-0.2, -0.15) is 0 Å². The van der Waals surface area contributed by atoms with Gasteiger partial charge in [0.25, 0.3) is 0 Å². The third-order valence-electron chi connectivity index (χ3n) is 5.06. The van der Waals surface area contributed by atoms with Gasteiger partial charge >= 0.3 is 0 Å². The van der Waals surface area contributed by atoms with Crippen LogP contribution in [0.5, 0.6) is 5.75 Å². The largest absolute Gasteiger partial charge is 0.497 e. The van der Waals surface area contributed by atoms with Crippen molar-refractivity contribution in [2.45, 2.75) is 66.1 Å². The molecule has 0 unspecified atom stereocenters. The number of hydrogen-bond acceptors (Lipinski definition) is 2. The molecule has 0 aliphatic heterocycles. The van der Waals surface area contributed by atoms with Crippen molar-refractivity contribution in [2.24, 2.45) is 5.41 Å². The van der Waals surface area contributed by atoms with E-state index in [-0.39, 0.29) is 10.5 Å². The predicted molar refractivity (Wildman–Crippen MR) is 112 cm³/mol. The summed E-state index contributed by atoms with van der Waals surface area (Å²) in [5.74, 6) is 0.875. The Morgan fingerprint density at radius 3 is 2.04 bits per heavy atom. The standard InChI is InChI=1S/C22H36O2Si/c1-21(2,3)19(16-17-24-25(8,9)22(4,5)6)13-10-18-11-14-20(23-7)15-12-18/h10-12,14-15H,16-17H2,1-9H3. The van der Waals surface area contributed by atoms with Crippen LogP contribution in [-0.4, -0.2) is 22.0 Å². The van der Waals surface area contributed by atoms with E-state index in [2.05, 4.69) is 78.6 Å². The van der Waals surface area contributed by atoms with Crippen LogP contribution in [0.1, 0.15) is 53.5 Å². The minimum Gasteiger partial charge on any atom is -0.497 e. The molecule has 0 aliphatic carbocycles. The lowest BCUT2D eigenvalue weighted by Gasteiger charge is -2.36. The first-order valence-electron chi connectivity index (χ1n) is 9.11. The predicted octanol–water partition coefficient (Wildman–Crippen LogP) is 6.69. The van der Waals surface area contributed by atoms with Crippen LogP contribution in [0.2, 0.25) is 18.1 Å². The summed E-state index contributed by atoms with van der Waals surface area (Å²) in [6.45, 7) is 18.9. The van der Waals surface area contributed by atoms with Crippen molar-refractivity contribution in [3.63, 3.8) is 0 Å². The molecule has 0 N–H and O–H groups in total. The maximum absolute atomic E-state index is 6.35. The Morgan fingerprint density at radius 1 is 1.04 bits per heavy atom. The summed E-state index contributed by atoms with van der Waals surface area (Å²) in [6, 6.07) is 8.06. The average Bonchev–Trinajstić information content (AvgIpc) is 2.48. The van der Waals surface area contributed by atoms with E-state index in [4.69, 9.17) is 9.16 Å². The minimum absolute atomic E-state index is 0.0831. The van der Waals surface area contributed by atoms with Gasteiger partial charge in [-0.05, 0) is 59.3 Å². The number of ether oxygens (including phenoxy) is 1. The molecule has 0 heterocycles. The van der Waals surface area contributed by atoms with Gasteiger partial charge in [0, 0.05) is 6.61 Å². The average molecular weight is 361 g/mol. The lowest BCUT2D eigenvalue weighted by atomic mass is 9.85. The summed E-state index contributed by atoms with van der Waals surface area (Å²) in [6.07, 6.45) is 2.98. The minimum atomic E-state index is -1.69.